The Morgan fingerprint density at radius 3 is 2.82 bits per heavy atom. The molecular weight excluding hydrogens is 438 g/mol. The second kappa shape index (κ2) is 8.45. The molecule has 1 saturated heterocycles. The van der Waals surface area contributed by atoms with Crippen LogP contribution in [0.15, 0.2) is 36.0 Å². The number of hydrogen-bond donors (Lipinski definition) is 3. The van der Waals surface area contributed by atoms with Gasteiger partial charge in [-0.2, -0.15) is 8.78 Å². The van der Waals surface area contributed by atoms with E-state index in [0.717, 1.165) is 16.5 Å². The van der Waals surface area contributed by atoms with Crippen molar-refractivity contribution in [3.05, 3.63) is 52.8 Å². The summed E-state index contributed by atoms with van der Waals surface area (Å²) in [6, 6.07) is 0.971. The van der Waals surface area contributed by atoms with E-state index in [2.05, 4.69) is 25.6 Å². The largest absolute Gasteiger partial charge is 0.418 e. The van der Waals surface area contributed by atoms with Gasteiger partial charge in [0, 0.05) is 17.0 Å². The molecule has 3 aliphatic heterocycles. The number of hydrazine groups is 1. The van der Waals surface area contributed by atoms with Crippen LogP contribution >= 0.6 is 0 Å². The molecule has 2 atom stereocenters. The van der Waals surface area contributed by atoms with Crippen molar-refractivity contribution in [2.45, 2.75) is 38.8 Å². The third kappa shape index (κ3) is 3.91. The van der Waals surface area contributed by atoms with Gasteiger partial charge >= 0.3 is 6.61 Å². The lowest BCUT2D eigenvalue weighted by Crippen LogP contribution is -2.57. The smallest absolute Gasteiger partial charge is 0.388 e. The zero-order valence-corrected chi connectivity index (χ0v) is 17.7. The van der Waals surface area contributed by atoms with Crippen LogP contribution < -0.4 is 16.6 Å². The van der Waals surface area contributed by atoms with E-state index in [1.807, 2.05) is 6.92 Å². The van der Waals surface area contributed by atoms with Crippen molar-refractivity contribution in [1.82, 2.24) is 25.7 Å². The molecule has 33 heavy (non-hydrogen) atoms. The average Bonchev–Trinajstić information content (AvgIpc) is 3.30. The fourth-order valence-corrected chi connectivity index (χ4v) is 4.26. The Kier molecular flexibility index (Phi) is 5.46. The molecule has 0 spiro atoms. The van der Waals surface area contributed by atoms with Gasteiger partial charge in [0.25, 0.3) is 5.91 Å². The first-order valence-electron chi connectivity index (χ1n) is 10.4. The highest BCUT2D eigenvalue weighted by Crippen LogP contribution is 2.31. The summed E-state index contributed by atoms with van der Waals surface area (Å²) in [5.74, 6) is -0.0114. The Bertz CT molecular complexity index is 1170. The second-order valence-corrected chi connectivity index (χ2v) is 7.93. The van der Waals surface area contributed by atoms with E-state index in [1.54, 1.807) is 17.0 Å². The molecule has 0 aliphatic carbocycles. The number of pyridine rings is 2. The molecule has 12 heteroatoms. The topological polar surface area (TPSA) is 124 Å². The minimum absolute atomic E-state index is 0.129. The van der Waals surface area contributed by atoms with Crippen molar-refractivity contribution in [2.75, 3.05) is 18.9 Å². The van der Waals surface area contributed by atoms with Gasteiger partial charge in [0.15, 0.2) is 0 Å². The third-order valence-corrected chi connectivity index (χ3v) is 5.83. The minimum Gasteiger partial charge on any atom is -0.418 e. The van der Waals surface area contributed by atoms with Gasteiger partial charge in [0.05, 0.1) is 55.9 Å². The Morgan fingerprint density at radius 1 is 1.24 bits per heavy atom. The zero-order chi connectivity index (χ0) is 23.1. The quantitative estimate of drug-likeness (QED) is 0.623. The molecule has 0 saturated carbocycles. The number of fused-ring (bicyclic) bond motifs is 3. The fourth-order valence-electron chi connectivity index (χ4n) is 4.26. The molecule has 0 bridgehead atoms. The van der Waals surface area contributed by atoms with Crippen LogP contribution in [0.4, 0.5) is 14.6 Å². The first kappa shape index (κ1) is 21.3. The molecule has 1 fully saturated rings. The van der Waals surface area contributed by atoms with E-state index >= 15 is 0 Å². The van der Waals surface area contributed by atoms with Crippen LogP contribution in [-0.2, 0) is 27.4 Å². The summed E-state index contributed by atoms with van der Waals surface area (Å²) in [6.07, 6.45) is 4.48. The summed E-state index contributed by atoms with van der Waals surface area (Å²) in [5, 5.41) is 0.779. The molecule has 3 aliphatic rings. The number of anilines is 1. The Labute approximate surface area is 187 Å². The van der Waals surface area contributed by atoms with Crippen LogP contribution in [0.3, 0.4) is 0 Å². The van der Waals surface area contributed by atoms with Crippen LogP contribution in [-0.4, -0.2) is 52.7 Å². The number of carbonyl (C=O) groups is 1. The Morgan fingerprint density at radius 2 is 2.06 bits per heavy atom. The SMILES string of the molecule is C[C@@H]1COC[C@H](C2=CC=C(OC(F)F)NN2)N1C(=O)c1cc2c3c(c(N)nc2cn1)COC3. The van der Waals surface area contributed by atoms with E-state index in [4.69, 9.17) is 15.2 Å². The monoisotopic (exact) mass is 460 g/mol. The summed E-state index contributed by atoms with van der Waals surface area (Å²) < 4.78 is 40.4. The minimum atomic E-state index is -2.95. The van der Waals surface area contributed by atoms with Gasteiger partial charge < -0.3 is 30.3 Å². The van der Waals surface area contributed by atoms with Crippen LogP contribution in [0, 0.1) is 0 Å². The van der Waals surface area contributed by atoms with E-state index in [0.29, 0.717) is 36.9 Å². The summed E-state index contributed by atoms with van der Waals surface area (Å²) >= 11 is 0. The molecule has 4 N–H and O–H groups in total. The maximum absolute atomic E-state index is 13.6. The number of halogens is 2. The molecule has 5 heterocycles. The number of hydrogen-bond acceptors (Lipinski definition) is 9. The van der Waals surface area contributed by atoms with Crippen molar-refractivity contribution in [3.63, 3.8) is 0 Å². The van der Waals surface area contributed by atoms with Gasteiger partial charge in [0.1, 0.15) is 11.5 Å². The fraction of sp³-hybridized carbons (Fsp3) is 0.381. The van der Waals surface area contributed by atoms with Gasteiger partial charge in [-0.15, -0.1) is 0 Å². The molecule has 1 amide bonds. The normalized spacial score (nSPS) is 22.4. The summed E-state index contributed by atoms with van der Waals surface area (Å²) in [6.45, 7) is 0.280. The molecule has 5 rings (SSSR count). The first-order valence-corrected chi connectivity index (χ1v) is 10.4. The van der Waals surface area contributed by atoms with Gasteiger partial charge in [-0.25, -0.2) is 9.97 Å². The van der Waals surface area contributed by atoms with Crippen molar-refractivity contribution >= 4 is 22.6 Å². The number of nitrogens with one attached hydrogen (secondary N) is 2. The number of morpholine rings is 1. The lowest BCUT2D eigenvalue weighted by molar-refractivity contribution is -0.103. The molecule has 2 aromatic heterocycles. The van der Waals surface area contributed by atoms with Crippen molar-refractivity contribution in [3.8, 4) is 0 Å². The highest BCUT2D eigenvalue weighted by atomic mass is 19.3. The predicted octanol–water partition coefficient (Wildman–Crippen LogP) is 1.54. The third-order valence-electron chi connectivity index (χ3n) is 5.83. The summed E-state index contributed by atoms with van der Waals surface area (Å²) in [7, 11) is 0. The van der Waals surface area contributed by atoms with Crippen LogP contribution in [0.1, 0.15) is 28.5 Å². The van der Waals surface area contributed by atoms with Gasteiger partial charge in [-0.05, 0) is 24.6 Å². The number of nitrogen functional groups attached to an aromatic ring is 1. The molecule has 0 unspecified atom stereocenters. The number of allylic oxidation sites excluding steroid dienone is 2. The number of ether oxygens (including phenoxy) is 3. The molecule has 2 aromatic rings. The summed E-state index contributed by atoms with van der Waals surface area (Å²) in [4.78, 5) is 24.0. The first-order chi connectivity index (χ1) is 15.9. The molecule has 0 aromatic carbocycles. The summed E-state index contributed by atoms with van der Waals surface area (Å²) in [5.41, 5.74) is 14.6. The number of rotatable bonds is 4. The lowest BCUT2D eigenvalue weighted by Gasteiger charge is -2.42. The number of alkyl halides is 2. The predicted molar refractivity (Wildman–Crippen MR) is 112 cm³/mol. The van der Waals surface area contributed by atoms with Crippen molar-refractivity contribution in [1.29, 1.82) is 0 Å². The number of carbonyl (C=O) groups excluding carboxylic acids is 1. The molecule has 174 valence electrons. The van der Waals surface area contributed by atoms with E-state index in [9.17, 15) is 13.6 Å². The second-order valence-electron chi connectivity index (χ2n) is 7.93. The highest BCUT2D eigenvalue weighted by Gasteiger charge is 2.37. The van der Waals surface area contributed by atoms with Crippen LogP contribution in [0.25, 0.3) is 10.9 Å². The van der Waals surface area contributed by atoms with Crippen LogP contribution in [0.2, 0.25) is 0 Å². The molecule has 0 radical (unpaired) electrons. The van der Waals surface area contributed by atoms with E-state index in [1.165, 1.54) is 12.3 Å². The number of aromatic nitrogens is 2. The zero-order valence-electron chi connectivity index (χ0n) is 17.7. The van der Waals surface area contributed by atoms with Gasteiger partial charge in [0.2, 0.25) is 5.88 Å². The van der Waals surface area contributed by atoms with Crippen LogP contribution in [0.5, 0.6) is 0 Å². The van der Waals surface area contributed by atoms with Crippen molar-refractivity contribution in [2.24, 2.45) is 0 Å². The van der Waals surface area contributed by atoms with Gasteiger partial charge in [-0.3, -0.25) is 10.2 Å². The van der Waals surface area contributed by atoms with Gasteiger partial charge in [-0.1, -0.05) is 0 Å². The maximum Gasteiger partial charge on any atom is 0.388 e. The molecular formula is C21H22F2N6O4. The number of nitrogens with two attached hydrogens (primary N) is 1. The Hall–Kier alpha value is -3.51. The van der Waals surface area contributed by atoms with E-state index in [-0.39, 0.29) is 30.1 Å². The highest BCUT2D eigenvalue weighted by molar-refractivity contribution is 5.97. The number of amides is 1. The van der Waals surface area contributed by atoms with Crippen molar-refractivity contribution < 1.29 is 27.8 Å². The number of nitrogens with zero attached hydrogens (tertiary/aromatic N) is 3. The standard InChI is InChI=1S/C21H22F2N6O4/c1-10-6-31-9-17(14-2-3-18(28-27-14)33-21(22)23)29(10)20(30)15-4-11-12-7-32-8-13(12)19(24)26-16(11)5-25-15/h2-5,10,17,21,27-28H,6-9H2,1H3,(H2,24,26)/t10-,17-/m1/s1. The van der Waals surface area contributed by atoms with E-state index < -0.39 is 12.7 Å². The Balaban J connectivity index is 1.47. The molecule has 10 nitrogen and oxygen atoms in total. The average molecular weight is 460 g/mol. The maximum atomic E-state index is 13.6. The lowest BCUT2D eigenvalue weighted by atomic mass is 10.0.